The maximum absolute atomic E-state index is 12.1. The van der Waals surface area contributed by atoms with Crippen LogP contribution in [0.5, 0.6) is 0 Å². The Morgan fingerprint density at radius 1 is 0.960 bits per heavy atom. The van der Waals surface area contributed by atoms with Crippen molar-refractivity contribution in [3.63, 3.8) is 0 Å². The number of carbonyl (C=O) groups is 2. The molecule has 0 atom stereocenters. The molecule has 1 aromatic rings. The van der Waals surface area contributed by atoms with Gasteiger partial charge in [-0.3, -0.25) is 14.5 Å². The van der Waals surface area contributed by atoms with Crippen LogP contribution in [0.25, 0.3) is 0 Å². The third kappa shape index (κ3) is 5.85. The van der Waals surface area contributed by atoms with Gasteiger partial charge in [0.1, 0.15) is 0 Å². The second kappa shape index (κ2) is 8.99. The van der Waals surface area contributed by atoms with E-state index in [2.05, 4.69) is 15.5 Å². The second-order valence-electron chi connectivity index (χ2n) is 7.39. The molecule has 2 amide bonds. The molecule has 1 saturated carbocycles. The Labute approximate surface area is 150 Å². The van der Waals surface area contributed by atoms with Crippen LogP contribution in [0.4, 0.5) is 5.69 Å². The summed E-state index contributed by atoms with van der Waals surface area (Å²) in [4.78, 5) is 26.4. The minimum Gasteiger partial charge on any atom is -0.353 e. The van der Waals surface area contributed by atoms with Crippen molar-refractivity contribution in [2.45, 2.75) is 51.0 Å². The van der Waals surface area contributed by atoms with Crippen LogP contribution in [0.3, 0.4) is 0 Å². The number of piperidine rings is 1. The Morgan fingerprint density at radius 2 is 1.64 bits per heavy atom. The van der Waals surface area contributed by atoms with Gasteiger partial charge in [0.15, 0.2) is 0 Å². The second-order valence-corrected chi connectivity index (χ2v) is 7.39. The number of anilines is 1. The summed E-state index contributed by atoms with van der Waals surface area (Å²) in [6, 6.07) is 9.81. The van der Waals surface area contributed by atoms with Gasteiger partial charge in [0.25, 0.3) is 0 Å². The lowest BCUT2D eigenvalue weighted by Gasteiger charge is -2.32. The highest BCUT2D eigenvalue weighted by Crippen LogP contribution is 2.27. The Kier molecular flexibility index (Phi) is 6.45. The van der Waals surface area contributed by atoms with Crippen LogP contribution in [0.2, 0.25) is 0 Å². The van der Waals surface area contributed by atoms with Crippen LogP contribution in [0.1, 0.15) is 44.9 Å². The monoisotopic (exact) mass is 343 g/mol. The molecular weight excluding hydrogens is 314 g/mol. The number of hydrogen-bond donors (Lipinski definition) is 2. The number of likely N-dealkylation sites (tertiary alicyclic amines) is 1. The van der Waals surface area contributed by atoms with Crippen LogP contribution in [-0.4, -0.2) is 42.4 Å². The molecule has 0 radical (unpaired) electrons. The molecular formula is C20H29N3O2. The lowest BCUT2D eigenvalue weighted by molar-refractivity contribution is -0.123. The van der Waals surface area contributed by atoms with Crippen LogP contribution in [-0.2, 0) is 9.59 Å². The predicted molar refractivity (Wildman–Crippen MR) is 99.3 cm³/mol. The number of rotatable bonds is 6. The minimum atomic E-state index is 0.0231. The Balaban J connectivity index is 1.34. The quantitative estimate of drug-likeness (QED) is 0.835. The van der Waals surface area contributed by atoms with Gasteiger partial charge in [-0.25, -0.2) is 0 Å². The summed E-state index contributed by atoms with van der Waals surface area (Å²) >= 11 is 0. The molecule has 0 spiro atoms. The normalized spacial score (nSPS) is 19.7. The Bertz CT molecular complexity index is 562. The molecule has 2 fully saturated rings. The van der Waals surface area contributed by atoms with Crippen molar-refractivity contribution in [2.24, 2.45) is 5.92 Å². The third-order valence-corrected chi connectivity index (χ3v) is 5.33. The van der Waals surface area contributed by atoms with E-state index in [1.54, 1.807) is 0 Å². The van der Waals surface area contributed by atoms with E-state index in [9.17, 15) is 9.59 Å². The fourth-order valence-electron chi connectivity index (χ4n) is 3.92. The standard InChI is InChI=1S/C20H29N3O2/c24-19(14-16-6-4-5-7-16)21-18-10-12-23(13-11-18)15-20(25)22-17-8-2-1-3-9-17/h1-3,8-9,16,18H,4-7,10-15H2,(H,21,24)(H,22,25). The van der Waals surface area contributed by atoms with Gasteiger partial charge in [-0.05, 0) is 43.7 Å². The first-order valence-corrected chi connectivity index (χ1v) is 9.55. The predicted octanol–water partition coefficient (Wildman–Crippen LogP) is 2.79. The summed E-state index contributed by atoms with van der Waals surface area (Å²) in [6.07, 6.45) is 7.53. The first-order valence-electron chi connectivity index (χ1n) is 9.55. The smallest absolute Gasteiger partial charge is 0.238 e. The highest BCUT2D eigenvalue weighted by atomic mass is 16.2. The molecule has 2 N–H and O–H groups in total. The topological polar surface area (TPSA) is 61.4 Å². The molecule has 1 saturated heterocycles. The molecule has 0 bridgehead atoms. The molecule has 136 valence electrons. The van der Waals surface area contributed by atoms with Gasteiger partial charge < -0.3 is 10.6 Å². The zero-order valence-electron chi connectivity index (χ0n) is 14.9. The fraction of sp³-hybridized carbons (Fsp3) is 0.600. The van der Waals surface area contributed by atoms with E-state index >= 15 is 0 Å². The Morgan fingerprint density at radius 3 is 2.32 bits per heavy atom. The van der Waals surface area contributed by atoms with Crippen molar-refractivity contribution in [3.8, 4) is 0 Å². The third-order valence-electron chi connectivity index (χ3n) is 5.33. The van der Waals surface area contributed by atoms with E-state index in [0.717, 1.165) is 31.6 Å². The van der Waals surface area contributed by atoms with Crippen molar-refractivity contribution in [2.75, 3.05) is 25.0 Å². The van der Waals surface area contributed by atoms with Gasteiger partial charge >= 0.3 is 0 Å². The number of carbonyl (C=O) groups excluding carboxylic acids is 2. The number of nitrogens with one attached hydrogen (secondary N) is 2. The number of amides is 2. The fourth-order valence-corrected chi connectivity index (χ4v) is 3.92. The number of para-hydroxylation sites is 1. The van der Waals surface area contributed by atoms with Crippen LogP contribution in [0.15, 0.2) is 30.3 Å². The van der Waals surface area contributed by atoms with Crippen molar-refractivity contribution >= 4 is 17.5 Å². The Hall–Kier alpha value is -1.88. The van der Waals surface area contributed by atoms with Crippen LogP contribution in [0, 0.1) is 5.92 Å². The SMILES string of the molecule is O=C(CN1CCC(NC(=O)CC2CCCC2)CC1)Nc1ccccc1. The summed E-state index contributed by atoms with van der Waals surface area (Å²) in [5.74, 6) is 0.837. The molecule has 1 aliphatic carbocycles. The molecule has 0 unspecified atom stereocenters. The average molecular weight is 343 g/mol. The number of nitrogens with zero attached hydrogens (tertiary/aromatic N) is 1. The summed E-state index contributed by atoms with van der Waals surface area (Å²) in [6.45, 7) is 2.13. The maximum Gasteiger partial charge on any atom is 0.238 e. The van der Waals surface area contributed by atoms with E-state index in [4.69, 9.17) is 0 Å². The number of hydrogen-bond acceptors (Lipinski definition) is 3. The summed E-state index contributed by atoms with van der Waals surface area (Å²) in [5, 5.41) is 6.12. The summed E-state index contributed by atoms with van der Waals surface area (Å²) in [5.41, 5.74) is 0.835. The minimum absolute atomic E-state index is 0.0231. The largest absolute Gasteiger partial charge is 0.353 e. The van der Waals surface area contributed by atoms with E-state index in [1.165, 1.54) is 25.7 Å². The summed E-state index contributed by atoms with van der Waals surface area (Å²) in [7, 11) is 0. The molecule has 1 aromatic carbocycles. The highest BCUT2D eigenvalue weighted by Gasteiger charge is 2.24. The van der Waals surface area contributed by atoms with Crippen LogP contribution >= 0.6 is 0 Å². The van der Waals surface area contributed by atoms with Crippen molar-refractivity contribution in [1.29, 1.82) is 0 Å². The maximum atomic E-state index is 12.1. The zero-order valence-corrected chi connectivity index (χ0v) is 14.9. The van der Waals surface area contributed by atoms with Crippen molar-refractivity contribution in [1.82, 2.24) is 10.2 Å². The highest BCUT2D eigenvalue weighted by molar-refractivity contribution is 5.92. The van der Waals surface area contributed by atoms with E-state index in [0.29, 0.717) is 18.9 Å². The average Bonchev–Trinajstić information content (AvgIpc) is 3.10. The molecule has 5 heteroatoms. The van der Waals surface area contributed by atoms with Crippen LogP contribution < -0.4 is 10.6 Å². The summed E-state index contributed by atoms with van der Waals surface area (Å²) < 4.78 is 0. The van der Waals surface area contributed by atoms with Gasteiger partial charge in [-0.2, -0.15) is 0 Å². The molecule has 1 heterocycles. The lowest BCUT2D eigenvalue weighted by Crippen LogP contribution is -2.46. The van der Waals surface area contributed by atoms with E-state index in [-0.39, 0.29) is 17.9 Å². The molecule has 5 nitrogen and oxygen atoms in total. The zero-order chi connectivity index (χ0) is 17.5. The van der Waals surface area contributed by atoms with E-state index in [1.807, 2.05) is 30.3 Å². The van der Waals surface area contributed by atoms with Gasteiger partial charge in [0.2, 0.25) is 11.8 Å². The van der Waals surface area contributed by atoms with E-state index < -0.39 is 0 Å². The lowest BCUT2D eigenvalue weighted by atomic mass is 10.0. The van der Waals surface area contributed by atoms with Gasteiger partial charge in [-0.1, -0.05) is 31.0 Å². The molecule has 1 aliphatic heterocycles. The molecule has 0 aromatic heterocycles. The number of benzene rings is 1. The first-order chi connectivity index (χ1) is 12.2. The first kappa shape index (κ1) is 17.9. The molecule has 2 aliphatic rings. The van der Waals surface area contributed by atoms with Crippen molar-refractivity contribution < 1.29 is 9.59 Å². The molecule has 3 rings (SSSR count). The van der Waals surface area contributed by atoms with Gasteiger partial charge in [0.05, 0.1) is 6.54 Å². The van der Waals surface area contributed by atoms with Gasteiger partial charge in [-0.15, -0.1) is 0 Å². The van der Waals surface area contributed by atoms with Crippen molar-refractivity contribution in [3.05, 3.63) is 30.3 Å². The van der Waals surface area contributed by atoms with Gasteiger partial charge in [0, 0.05) is 31.2 Å². The molecule has 25 heavy (non-hydrogen) atoms.